The van der Waals surface area contributed by atoms with E-state index in [0.29, 0.717) is 0 Å². The number of alkyl halides is 6. The van der Waals surface area contributed by atoms with E-state index in [4.69, 9.17) is 0 Å². The van der Waals surface area contributed by atoms with Gasteiger partial charge < -0.3 is 4.90 Å². The monoisotopic (exact) mass is 357 g/mol. The van der Waals surface area contributed by atoms with E-state index in [-0.39, 0.29) is 11.1 Å². The highest BCUT2D eigenvalue weighted by Crippen LogP contribution is 2.33. The minimum absolute atomic E-state index is 0.0821. The van der Waals surface area contributed by atoms with Crippen molar-refractivity contribution >= 4 is 23.1 Å². The predicted octanol–water partition coefficient (Wildman–Crippen LogP) is 4.43. The smallest absolute Gasteiger partial charge is 0.383 e. The molecule has 0 aromatic heterocycles. The minimum Gasteiger partial charge on any atom is -0.383 e. The standard InChI is InChI=1S/C14H13F6NOS/c1-21(2)7-11(12(22)8-23-14(18,19)20)9-4-3-5-10(6-9)13(15,16)17/h3-7H,8H2,1-2H3. The summed E-state index contributed by atoms with van der Waals surface area (Å²) in [6, 6.07) is 3.92. The van der Waals surface area contributed by atoms with E-state index in [1.54, 1.807) is 0 Å². The Kier molecular flexibility index (Phi) is 6.15. The van der Waals surface area contributed by atoms with Crippen molar-refractivity contribution in [2.24, 2.45) is 0 Å². The molecule has 1 aromatic carbocycles. The highest BCUT2D eigenvalue weighted by atomic mass is 32.2. The molecule has 0 N–H and O–H groups in total. The van der Waals surface area contributed by atoms with Crippen molar-refractivity contribution < 1.29 is 31.1 Å². The fraction of sp³-hybridized carbons (Fsp3) is 0.357. The third-order valence-electron chi connectivity index (χ3n) is 2.56. The van der Waals surface area contributed by atoms with Crippen LogP contribution in [0.4, 0.5) is 26.3 Å². The largest absolute Gasteiger partial charge is 0.442 e. The van der Waals surface area contributed by atoms with Gasteiger partial charge in [-0.25, -0.2) is 0 Å². The Labute approximate surface area is 133 Å². The van der Waals surface area contributed by atoms with E-state index in [2.05, 4.69) is 0 Å². The molecule has 0 aliphatic heterocycles. The summed E-state index contributed by atoms with van der Waals surface area (Å²) < 4.78 is 74.8. The first-order chi connectivity index (χ1) is 10.4. The fourth-order valence-corrected chi connectivity index (χ4v) is 2.10. The van der Waals surface area contributed by atoms with Crippen molar-refractivity contribution in [2.75, 3.05) is 19.8 Å². The third-order valence-corrected chi connectivity index (χ3v) is 3.29. The maximum absolute atomic E-state index is 12.7. The topological polar surface area (TPSA) is 20.3 Å². The SMILES string of the molecule is CN(C)C=C(C(=O)CSC(F)(F)F)c1cccc(C(F)(F)F)c1. The molecular formula is C14H13F6NOS. The van der Waals surface area contributed by atoms with Crippen LogP contribution in [0.3, 0.4) is 0 Å². The molecule has 2 nitrogen and oxygen atoms in total. The number of hydrogen-bond acceptors (Lipinski definition) is 3. The van der Waals surface area contributed by atoms with Crippen LogP contribution in [0.1, 0.15) is 11.1 Å². The number of ketones is 1. The van der Waals surface area contributed by atoms with Crippen LogP contribution in [0.25, 0.3) is 5.57 Å². The van der Waals surface area contributed by atoms with E-state index in [1.807, 2.05) is 0 Å². The van der Waals surface area contributed by atoms with Crippen LogP contribution >= 0.6 is 11.8 Å². The van der Waals surface area contributed by atoms with E-state index in [1.165, 1.54) is 31.3 Å². The van der Waals surface area contributed by atoms with Crippen LogP contribution in [0.5, 0.6) is 0 Å². The van der Waals surface area contributed by atoms with Crippen molar-refractivity contribution in [3.05, 3.63) is 41.6 Å². The maximum Gasteiger partial charge on any atom is 0.442 e. The lowest BCUT2D eigenvalue weighted by Crippen LogP contribution is -2.14. The van der Waals surface area contributed by atoms with Gasteiger partial charge in [-0.15, -0.1) is 0 Å². The van der Waals surface area contributed by atoms with Gasteiger partial charge in [-0.3, -0.25) is 4.79 Å². The number of thioether (sulfide) groups is 1. The quantitative estimate of drug-likeness (QED) is 0.574. The van der Waals surface area contributed by atoms with Crippen LogP contribution in [0, 0.1) is 0 Å². The number of benzene rings is 1. The number of carbonyl (C=O) groups is 1. The first-order valence-electron chi connectivity index (χ1n) is 6.20. The fourth-order valence-electron chi connectivity index (χ4n) is 1.65. The van der Waals surface area contributed by atoms with Gasteiger partial charge in [0.05, 0.1) is 11.3 Å². The Balaban J connectivity index is 3.16. The van der Waals surface area contributed by atoms with Crippen molar-refractivity contribution in [3.8, 4) is 0 Å². The molecule has 0 unspecified atom stereocenters. The predicted molar refractivity (Wildman–Crippen MR) is 76.6 cm³/mol. The Morgan fingerprint density at radius 1 is 1.17 bits per heavy atom. The molecule has 0 amide bonds. The molecule has 0 heterocycles. The number of hydrogen-bond donors (Lipinski definition) is 0. The summed E-state index contributed by atoms with van der Waals surface area (Å²) >= 11 is -0.530. The van der Waals surface area contributed by atoms with Crippen molar-refractivity contribution in [1.82, 2.24) is 4.90 Å². The Bertz CT molecular complexity index is 592. The third kappa shape index (κ3) is 6.55. The molecule has 23 heavy (non-hydrogen) atoms. The molecule has 9 heteroatoms. The minimum atomic E-state index is -4.61. The first kappa shape index (κ1) is 19.4. The van der Waals surface area contributed by atoms with E-state index in [9.17, 15) is 31.1 Å². The van der Waals surface area contributed by atoms with Crippen LogP contribution in [0.2, 0.25) is 0 Å². The first-order valence-corrected chi connectivity index (χ1v) is 7.18. The summed E-state index contributed by atoms with van der Waals surface area (Å²) in [6.45, 7) is 0. The Morgan fingerprint density at radius 3 is 2.26 bits per heavy atom. The number of Topliss-reactive ketones (excluding diaryl/α,β-unsaturated/α-hetero) is 1. The van der Waals surface area contributed by atoms with Gasteiger partial charge in [0, 0.05) is 25.9 Å². The molecule has 0 aliphatic carbocycles. The summed E-state index contributed by atoms with van der Waals surface area (Å²) in [5.74, 6) is -1.81. The van der Waals surface area contributed by atoms with Gasteiger partial charge in [-0.2, -0.15) is 26.3 Å². The number of allylic oxidation sites excluding steroid dienone is 1. The highest BCUT2D eigenvalue weighted by molar-refractivity contribution is 8.00. The summed E-state index contributed by atoms with van der Waals surface area (Å²) in [5.41, 5.74) is -5.86. The maximum atomic E-state index is 12.7. The molecule has 0 bridgehead atoms. The summed E-state index contributed by atoms with van der Waals surface area (Å²) in [6.07, 6.45) is -3.41. The highest BCUT2D eigenvalue weighted by Gasteiger charge is 2.32. The number of rotatable bonds is 5. The van der Waals surface area contributed by atoms with E-state index < -0.39 is 40.5 Å². The van der Waals surface area contributed by atoms with Crippen LogP contribution in [-0.2, 0) is 11.0 Å². The zero-order valence-corrected chi connectivity index (χ0v) is 12.9. The van der Waals surface area contributed by atoms with E-state index >= 15 is 0 Å². The van der Waals surface area contributed by atoms with Crippen molar-refractivity contribution in [1.29, 1.82) is 0 Å². The second kappa shape index (κ2) is 7.29. The van der Waals surface area contributed by atoms with Gasteiger partial charge in [-0.1, -0.05) is 12.1 Å². The molecule has 1 aromatic rings. The van der Waals surface area contributed by atoms with E-state index in [0.717, 1.165) is 18.2 Å². The summed E-state index contributed by atoms with van der Waals surface area (Å²) in [5, 5.41) is 0. The molecule has 0 saturated heterocycles. The lowest BCUT2D eigenvalue weighted by atomic mass is 10.0. The molecule has 0 aliphatic rings. The molecule has 0 radical (unpaired) electrons. The van der Waals surface area contributed by atoms with Gasteiger partial charge in [-0.05, 0) is 29.5 Å². The number of carbonyl (C=O) groups excluding carboxylic acids is 1. The lowest BCUT2D eigenvalue weighted by Gasteiger charge is -2.14. The second-order valence-electron chi connectivity index (χ2n) is 4.74. The van der Waals surface area contributed by atoms with Gasteiger partial charge in [0.1, 0.15) is 0 Å². The number of nitrogens with zero attached hydrogens (tertiary/aromatic N) is 1. The van der Waals surface area contributed by atoms with Gasteiger partial charge in [0.2, 0.25) is 0 Å². The Morgan fingerprint density at radius 2 is 1.78 bits per heavy atom. The summed E-state index contributed by atoms with van der Waals surface area (Å²) in [4.78, 5) is 13.4. The molecule has 1 rings (SSSR count). The molecule has 0 atom stereocenters. The van der Waals surface area contributed by atoms with Gasteiger partial charge in [0.15, 0.2) is 5.78 Å². The average Bonchev–Trinajstić information content (AvgIpc) is 2.40. The molecule has 0 fully saturated rings. The molecule has 128 valence electrons. The number of halogens is 6. The Hall–Kier alpha value is -1.64. The lowest BCUT2D eigenvalue weighted by molar-refractivity contribution is -0.137. The zero-order valence-electron chi connectivity index (χ0n) is 12.1. The second-order valence-corrected chi connectivity index (χ2v) is 5.78. The van der Waals surface area contributed by atoms with Crippen LogP contribution in [0.15, 0.2) is 30.5 Å². The molecular weight excluding hydrogens is 344 g/mol. The average molecular weight is 357 g/mol. The van der Waals surface area contributed by atoms with Crippen LogP contribution in [-0.4, -0.2) is 36.0 Å². The summed E-state index contributed by atoms with van der Waals surface area (Å²) in [7, 11) is 3.02. The van der Waals surface area contributed by atoms with Crippen LogP contribution < -0.4 is 0 Å². The van der Waals surface area contributed by atoms with Gasteiger partial charge >= 0.3 is 11.7 Å². The van der Waals surface area contributed by atoms with Gasteiger partial charge in [0.25, 0.3) is 0 Å². The zero-order chi connectivity index (χ0) is 17.8. The molecule has 0 spiro atoms. The van der Waals surface area contributed by atoms with Crippen molar-refractivity contribution in [2.45, 2.75) is 11.7 Å². The molecule has 0 saturated carbocycles. The van der Waals surface area contributed by atoms with Crippen molar-refractivity contribution in [3.63, 3.8) is 0 Å². The normalized spacial score (nSPS) is 13.1.